The third-order valence-corrected chi connectivity index (χ3v) is 4.03. The SMILES string of the molecule is CCCCCCCC(=O)N[C@H](CC(N)=O)C(=O)NCCc1ccncc1. The number of hydrogen-bond acceptors (Lipinski definition) is 4. The Labute approximate surface area is 155 Å². The third kappa shape index (κ3) is 9.76. The molecule has 0 saturated heterocycles. The number of carbonyl (C=O) groups excluding carboxylic acids is 3. The highest BCUT2D eigenvalue weighted by Crippen LogP contribution is 2.05. The molecule has 1 heterocycles. The van der Waals surface area contributed by atoms with E-state index in [0.29, 0.717) is 19.4 Å². The van der Waals surface area contributed by atoms with Crippen molar-refractivity contribution in [3.05, 3.63) is 30.1 Å². The maximum absolute atomic E-state index is 12.3. The zero-order valence-corrected chi connectivity index (χ0v) is 15.5. The molecule has 0 fully saturated rings. The summed E-state index contributed by atoms with van der Waals surface area (Å²) in [6.07, 6.45) is 9.33. The Balaban J connectivity index is 2.39. The van der Waals surface area contributed by atoms with Crippen LogP contribution in [0.4, 0.5) is 0 Å². The average molecular weight is 362 g/mol. The van der Waals surface area contributed by atoms with Crippen molar-refractivity contribution in [2.24, 2.45) is 5.73 Å². The predicted molar refractivity (Wildman–Crippen MR) is 100 cm³/mol. The minimum absolute atomic E-state index is 0.206. The van der Waals surface area contributed by atoms with Crippen LogP contribution in [0.5, 0.6) is 0 Å². The molecule has 3 amide bonds. The molecular formula is C19H30N4O3. The topological polar surface area (TPSA) is 114 Å². The molecule has 0 saturated carbocycles. The van der Waals surface area contributed by atoms with Gasteiger partial charge in [0.1, 0.15) is 6.04 Å². The van der Waals surface area contributed by atoms with Gasteiger partial charge in [0.25, 0.3) is 0 Å². The highest BCUT2D eigenvalue weighted by Gasteiger charge is 2.22. The number of unbranched alkanes of at least 4 members (excludes halogenated alkanes) is 4. The van der Waals surface area contributed by atoms with Gasteiger partial charge in [-0.25, -0.2) is 0 Å². The van der Waals surface area contributed by atoms with E-state index < -0.39 is 17.9 Å². The number of pyridine rings is 1. The molecule has 0 aliphatic heterocycles. The first-order chi connectivity index (χ1) is 12.5. The number of hydrogen-bond donors (Lipinski definition) is 3. The summed E-state index contributed by atoms with van der Waals surface area (Å²) in [5.74, 6) is -1.24. The molecule has 1 atom stereocenters. The van der Waals surface area contributed by atoms with E-state index in [4.69, 9.17) is 5.73 Å². The minimum Gasteiger partial charge on any atom is -0.370 e. The van der Waals surface area contributed by atoms with Crippen molar-refractivity contribution in [1.29, 1.82) is 0 Å². The van der Waals surface area contributed by atoms with Crippen molar-refractivity contribution in [1.82, 2.24) is 15.6 Å². The second kappa shape index (κ2) is 12.9. The normalized spacial score (nSPS) is 11.6. The van der Waals surface area contributed by atoms with E-state index in [1.54, 1.807) is 12.4 Å². The Morgan fingerprint density at radius 2 is 1.81 bits per heavy atom. The number of aromatic nitrogens is 1. The number of nitrogens with zero attached hydrogens (tertiary/aromatic N) is 1. The van der Waals surface area contributed by atoms with Gasteiger partial charge in [-0.2, -0.15) is 0 Å². The van der Waals surface area contributed by atoms with E-state index in [2.05, 4.69) is 22.5 Å². The monoisotopic (exact) mass is 362 g/mol. The number of carbonyl (C=O) groups is 3. The summed E-state index contributed by atoms with van der Waals surface area (Å²) in [5.41, 5.74) is 6.25. The Hall–Kier alpha value is -2.44. The highest BCUT2D eigenvalue weighted by atomic mass is 16.2. The van der Waals surface area contributed by atoms with Gasteiger partial charge in [-0.1, -0.05) is 32.6 Å². The zero-order chi connectivity index (χ0) is 19.2. The number of primary amides is 1. The molecule has 7 nitrogen and oxygen atoms in total. The van der Waals surface area contributed by atoms with Crippen molar-refractivity contribution in [2.75, 3.05) is 6.54 Å². The lowest BCUT2D eigenvalue weighted by molar-refractivity contribution is -0.131. The first-order valence-corrected chi connectivity index (χ1v) is 9.27. The van der Waals surface area contributed by atoms with E-state index in [9.17, 15) is 14.4 Å². The van der Waals surface area contributed by atoms with Crippen LogP contribution in [0.15, 0.2) is 24.5 Å². The van der Waals surface area contributed by atoms with Crippen molar-refractivity contribution >= 4 is 17.7 Å². The van der Waals surface area contributed by atoms with E-state index in [0.717, 1.165) is 37.7 Å². The van der Waals surface area contributed by atoms with Crippen LogP contribution >= 0.6 is 0 Å². The second-order valence-corrected chi connectivity index (χ2v) is 6.35. The molecule has 0 aliphatic carbocycles. The minimum atomic E-state index is -0.923. The standard InChI is InChI=1S/C19H30N4O3/c1-2-3-4-5-6-7-18(25)23-16(14-17(20)24)19(26)22-13-10-15-8-11-21-12-9-15/h8-9,11-12,16H,2-7,10,13-14H2,1H3,(H2,20,24)(H,22,26)(H,23,25)/t16-/m1/s1. The largest absolute Gasteiger partial charge is 0.370 e. The lowest BCUT2D eigenvalue weighted by Gasteiger charge is -2.17. The molecule has 1 rings (SSSR count). The van der Waals surface area contributed by atoms with Crippen molar-refractivity contribution < 1.29 is 14.4 Å². The molecule has 0 radical (unpaired) electrons. The van der Waals surface area contributed by atoms with Gasteiger partial charge >= 0.3 is 0 Å². The van der Waals surface area contributed by atoms with Crippen LogP contribution in [0, 0.1) is 0 Å². The summed E-state index contributed by atoms with van der Waals surface area (Å²) in [4.78, 5) is 39.4. The number of nitrogens with two attached hydrogens (primary N) is 1. The summed E-state index contributed by atoms with van der Waals surface area (Å²) in [5, 5.41) is 5.37. The quantitative estimate of drug-likeness (QED) is 0.461. The first kappa shape index (κ1) is 21.6. The zero-order valence-electron chi connectivity index (χ0n) is 15.5. The summed E-state index contributed by atoms with van der Waals surface area (Å²) < 4.78 is 0. The van der Waals surface area contributed by atoms with Crippen molar-refractivity contribution in [2.45, 2.75) is 64.3 Å². The van der Waals surface area contributed by atoms with Gasteiger partial charge in [0.05, 0.1) is 6.42 Å². The third-order valence-electron chi connectivity index (χ3n) is 4.03. The van der Waals surface area contributed by atoms with E-state index in [-0.39, 0.29) is 12.3 Å². The molecular weight excluding hydrogens is 332 g/mol. The Bertz CT molecular complexity index is 563. The Morgan fingerprint density at radius 3 is 2.46 bits per heavy atom. The van der Waals surface area contributed by atoms with Crippen molar-refractivity contribution in [3.8, 4) is 0 Å². The van der Waals surface area contributed by atoms with Gasteiger partial charge in [0, 0.05) is 25.4 Å². The summed E-state index contributed by atoms with van der Waals surface area (Å²) in [7, 11) is 0. The lowest BCUT2D eigenvalue weighted by Crippen LogP contribution is -2.48. The molecule has 0 aromatic carbocycles. The van der Waals surface area contributed by atoms with E-state index in [1.807, 2.05) is 12.1 Å². The van der Waals surface area contributed by atoms with Crippen LogP contribution < -0.4 is 16.4 Å². The van der Waals surface area contributed by atoms with Crippen LogP contribution in [0.3, 0.4) is 0 Å². The highest BCUT2D eigenvalue weighted by molar-refractivity contribution is 5.91. The maximum atomic E-state index is 12.3. The molecule has 26 heavy (non-hydrogen) atoms. The number of amides is 3. The second-order valence-electron chi connectivity index (χ2n) is 6.35. The van der Waals surface area contributed by atoms with Crippen LogP contribution in [0.1, 0.15) is 57.4 Å². The molecule has 4 N–H and O–H groups in total. The lowest BCUT2D eigenvalue weighted by atomic mass is 10.1. The van der Waals surface area contributed by atoms with Gasteiger partial charge in [-0.15, -0.1) is 0 Å². The fourth-order valence-electron chi connectivity index (χ4n) is 2.57. The smallest absolute Gasteiger partial charge is 0.243 e. The molecule has 1 aromatic rings. The average Bonchev–Trinajstić information content (AvgIpc) is 2.61. The fraction of sp³-hybridized carbons (Fsp3) is 0.579. The van der Waals surface area contributed by atoms with Crippen LogP contribution in [0.25, 0.3) is 0 Å². The van der Waals surface area contributed by atoms with E-state index in [1.165, 1.54) is 0 Å². The molecule has 1 aromatic heterocycles. The van der Waals surface area contributed by atoms with Gasteiger partial charge in [-0.05, 0) is 30.5 Å². The number of rotatable bonds is 13. The summed E-state index contributed by atoms with van der Waals surface area (Å²) in [6.45, 7) is 2.54. The number of nitrogens with one attached hydrogen (secondary N) is 2. The fourth-order valence-corrected chi connectivity index (χ4v) is 2.57. The molecule has 0 spiro atoms. The van der Waals surface area contributed by atoms with Crippen molar-refractivity contribution in [3.63, 3.8) is 0 Å². The van der Waals surface area contributed by atoms with E-state index >= 15 is 0 Å². The molecule has 7 heteroatoms. The summed E-state index contributed by atoms with van der Waals surface area (Å²) in [6, 6.07) is 2.81. The molecule has 144 valence electrons. The molecule has 0 aliphatic rings. The molecule has 0 bridgehead atoms. The summed E-state index contributed by atoms with van der Waals surface area (Å²) >= 11 is 0. The predicted octanol–water partition coefficient (Wildman–Crippen LogP) is 1.46. The first-order valence-electron chi connectivity index (χ1n) is 9.27. The maximum Gasteiger partial charge on any atom is 0.243 e. The molecule has 0 unspecified atom stereocenters. The Morgan fingerprint density at radius 1 is 1.12 bits per heavy atom. The van der Waals surface area contributed by atoms with Gasteiger partial charge in [-0.3, -0.25) is 19.4 Å². The van der Waals surface area contributed by atoms with Crippen LogP contribution in [-0.4, -0.2) is 35.3 Å². The van der Waals surface area contributed by atoms with Crippen LogP contribution in [0.2, 0.25) is 0 Å². The van der Waals surface area contributed by atoms with Gasteiger partial charge in [0.15, 0.2) is 0 Å². The van der Waals surface area contributed by atoms with Gasteiger partial charge in [0.2, 0.25) is 17.7 Å². The van der Waals surface area contributed by atoms with Gasteiger partial charge < -0.3 is 16.4 Å². The Kier molecular flexibility index (Phi) is 10.7. The van der Waals surface area contributed by atoms with Crippen LogP contribution in [-0.2, 0) is 20.8 Å².